The summed E-state index contributed by atoms with van der Waals surface area (Å²) in [5.41, 5.74) is 2.42. The molecule has 6 heteroatoms. The number of ether oxygens (including phenoxy) is 1. The molecule has 1 heterocycles. The van der Waals surface area contributed by atoms with Gasteiger partial charge in [-0.05, 0) is 64.0 Å². The van der Waals surface area contributed by atoms with Crippen LogP contribution in [-0.2, 0) is 20.7 Å². The lowest BCUT2D eigenvalue weighted by molar-refractivity contribution is -0.154. The van der Waals surface area contributed by atoms with Crippen molar-refractivity contribution in [1.29, 1.82) is 0 Å². The predicted octanol–water partition coefficient (Wildman–Crippen LogP) is 4.56. The summed E-state index contributed by atoms with van der Waals surface area (Å²) in [6.07, 6.45) is 8.90. The van der Waals surface area contributed by atoms with E-state index < -0.39 is 6.10 Å². The van der Waals surface area contributed by atoms with E-state index in [2.05, 4.69) is 22.4 Å². The first kappa shape index (κ1) is 20.5. The predicted molar refractivity (Wildman–Crippen MR) is 112 cm³/mol. The Labute approximate surface area is 170 Å². The van der Waals surface area contributed by atoms with Crippen LogP contribution >= 0.6 is 11.3 Å². The van der Waals surface area contributed by atoms with Crippen molar-refractivity contribution < 1.29 is 14.3 Å². The number of thiazole rings is 1. The van der Waals surface area contributed by atoms with Crippen LogP contribution in [0.3, 0.4) is 0 Å². The van der Waals surface area contributed by atoms with E-state index in [9.17, 15) is 9.59 Å². The first-order valence-corrected chi connectivity index (χ1v) is 10.9. The summed E-state index contributed by atoms with van der Waals surface area (Å²) in [5.74, 6) is -0.560. The van der Waals surface area contributed by atoms with Crippen LogP contribution in [0.1, 0.15) is 56.9 Å². The average Bonchev–Trinajstić information content (AvgIpc) is 3.11. The van der Waals surface area contributed by atoms with E-state index in [1.165, 1.54) is 18.4 Å². The van der Waals surface area contributed by atoms with E-state index in [4.69, 9.17) is 4.74 Å². The van der Waals surface area contributed by atoms with Crippen LogP contribution in [0.2, 0.25) is 0 Å². The zero-order valence-electron chi connectivity index (χ0n) is 16.4. The molecule has 1 aromatic carbocycles. The van der Waals surface area contributed by atoms with Gasteiger partial charge in [0.2, 0.25) is 0 Å². The number of para-hydroxylation sites is 1. The van der Waals surface area contributed by atoms with Crippen LogP contribution in [0.4, 0.5) is 0 Å². The zero-order valence-corrected chi connectivity index (χ0v) is 17.2. The van der Waals surface area contributed by atoms with Crippen LogP contribution in [0.25, 0.3) is 10.2 Å². The van der Waals surface area contributed by atoms with Gasteiger partial charge in [0.05, 0.1) is 15.2 Å². The molecule has 0 unspecified atom stereocenters. The number of amides is 1. The Bertz CT molecular complexity index is 810. The third kappa shape index (κ3) is 6.16. The molecule has 2 aromatic rings. The molecule has 0 radical (unpaired) electrons. The van der Waals surface area contributed by atoms with Gasteiger partial charge in [-0.1, -0.05) is 23.8 Å². The average molecular weight is 401 g/mol. The Morgan fingerprint density at radius 2 is 2.11 bits per heavy atom. The molecule has 0 fully saturated rings. The summed E-state index contributed by atoms with van der Waals surface area (Å²) in [4.78, 5) is 28.7. The van der Waals surface area contributed by atoms with E-state index in [0.29, 0.717) is 19.4 Å². The molecule has 1 amide bonds. The molecule has 1 aliphatic rings. The number of fused-ring (bicyclic) bond motifs is 1. The van der Waals surface area contributed by atoms with E-state index >= 15 is 0 Å². The second kappa shape index (κ2) is 10.4. The third-order valence-corrected chi connectivity index (χ3v) is 6.01. The summed E-state index contributed by atoms with van der Waals surface area (Å²) >= 11 is 1.66. The standard InChI is InChI=1S/C22H28N2O3S/c1-16(22(26)23-15-14-17-8-3-2-4-9-17)27-21(25)13-7-12-20-24-18-10-5-6-11-19(18)28-20/h5-6,8,10-11,16H,2-4,7,9,12-15H2,1H3,(H,23,26)/t16-/m0/s1. The summed E-state index contributed by atoms with van der Waals surface area (Å²) in [5, 5.41) is 3.89. The number of aromatic nitrogens is 1. The van der Waals surface area contributed by atoms with Gasteiger partial charge in [-0.3, -0.25) is 9.59 Å². The lowest BCUT2D eigenvalue weighted by Crippen LogP contribution is -2.36. The summed E-state index contributed by atoms with van der Waals surface area (Å²) < 4.78 is 6.43. The molecule has 28 heavy (non-hydrogen) atoms. The molecule has 0 aliphatic heterocycles. The number of aryl methyl sites for hydroxylation is 1. The zero-order chi connectivity index (χ0) is 19.8. The number of hydrogen-bond donors (Lipinski definition) is 1. The highest BCUT2D eigenvalue weighted by Crippen LogP contribution is 2.23. The maximum absolute atomic E-state index is 12.1. The maximum atomic E-state index is 12.1. The van der Waals surface area contributed by atoms with E-state index in [1.807, 2.05) is 18.2 Å². The molecule has 0 saturated heterocycles. The van der Waals surface area contributed by atoms with Gasteiger partial charge in [0.15, 0.2) is 6.10 Å². The van der Waals surface area contributed by atoms with Gasteiger partial charge in [0.25, 0.3) is 5.91 Å². The quantitative estimate of drug-likeness (QED) is 0.495. The highest BCUT2D eigenvalue weighted by Gasteiger charge is 2.17. The number of carbonyl (C=O) groups is 2. The number of hydrogen-bond acceptors (Lipinski definition) is 5. The fourth-order valence-corrected chi connectivity index (χ4v) is 4.35. The Morgan fingerprint density at radius 1 is 1.25 bits per heavy atom. The van der Waals surface area contributed by atoms with Crippen molar-refractivity contribution in [3.05, 3.63) is 40.9 Å². The van der Waals surface area contributed by atoms with Crippen molar-refractivity contribution in [2.45, 2.75) is 64.4 Å². The Hall–Kier alpha value is -2.21. The van der Waals surface area contributed by atoms with E-state index in [-0.39, 0.29) is 11.9 Å². The molecule has 1 N–H and O–H groups in total. The second-order valence-corrected chi connectivity index (χ2v) is 8.33. The van der Waals surface area contributed by atoms with Crippen molar-refractivity contribution in [2.75, 3.05) is 6.54 Å². The third-order valence-electron chi connectivity index (χ3n) is 4.92. The Kier molecular flexibility index (Phi) is 7.60. The number of nitrogens with one attached hydrogen (secondary N) is 1. The largest absolute Gasteiger partial charge is 0.453 e. The monoisotopic (exact) mass is 400 g/mol. The van der Waals surface area contributed by atoms with Crippen LogP contribution in [0.15, 0.2) is 35.9 Å². The topological polar surface area (TPSA) is 68.3 Å². The molecular weight excluding hydrogens is 372 g/mol. The normalized spacial score (nSPS) is 15.1. The molecular formula is C22H28N2O3S. The van der Waals surface area contributed by atoms with Gasteiger partial charge in [-0.15, -0.1) is 11.3 Å². The number of benzene rings is 1. The van der Waals surface area contributed by atoms with Crippen molar-refractivity contribution in [1.82, 2.24) is 10.3 Å². The number of nitrogens with zero attached hydrogens (tertiary/aromatic N) is 1. The van der Waals surface area contributed by atoms with Crippen LogP contribution < -0.4 is 5.32 Å². The fourth-order valence-electron chi connectivity index (χ4n) is 3.34. The molecule has 5 nitrogen and oxygen atoms in total. The van der Waals surface area contributed by atoms with E-state index in [1.54, 1.807) is 18.3 Å². The van der Waals surface area contributed by atoms with E-state index in [0.717, 1.165) is 40.9 Å². The minimum atomic E-state index is -0.754. The first-order valence-electron chi connectivity index (χ1n) is 10.1. The minimum Gasteiger partial charge on any atom is -0.453 e. The minimum absolute atomic E-state index is 0.226. The lowest BCUT2D eigenvalue weighted by atomic mass is 9.97. The van der Waals surface area contributed by atoms with Gasteiger partial charge < -0.3 is 10.1 Å². The molecule has 1 aromatic heterocycles. The van der Waals surface area contributed by atoms with Gasteiger partial charge in [-0.25, -0.2) is 4.98 Å². The molecule has 1 atom stereocenters. The molecule has 150 valence electrons. The number of esters is 1. The molecule has 0 bridgehead atoms. The van der Waals surface area contributed by atoms with Crippen molar-refractivity contribution >= 4 is 33.4 Å². The highest BCUT2D eigenvalue weighted by molar-refractivity contribution is 7.18. The fraction of sp³-hybridized carbons (Fsp3) is 0.500. The number of rotatable bonds is 9. The van der Waals surface area contributed by atoms with Gasteiger partial charge in [0.1, 0.15) is 0 Å². The van der Waals surface area contributed by atoms with Crippen molar-refractivity contribution in [2.24, 2.45) is 0 Å². The Balaban J connectivity index is 1.32. The SMILES string of the molecule is C[C@H](OC(=O)CCCc1nc2ccccc2s1)C(=O)NCCC1=CCCCC1. The van der Waals surface area contributed by atoms with Crippen LogP contribution in [0.5, 0.6) is 0 Å². The highest BCUT2D eigenvalue weighted by atomic mass is 32.1. The summed E-state index contributed by atoms with van der Waals surface area (Å²) in [6.45, 7) is 2.23. The van der Waals surface area contributed by atoms with Crippen LogP contribution in [-0.4, -0.2) is 29.5 Å². The lowest BCUT2D eigenvalue weighted by Gasteiger charge is -2.15. The second-order valence-electron chi connectivity index (χ2n) is 7.21. The van der Waals surface area contributed by atoms with Crippen LogP contribution in [0, 0.1) is 0 Å². The molecule has 0 spiro atoms. The Morgan fingerprint density at radius 3 is 2.89 bits per heavy atom. The summed E-state index contributed by atoms with van der Waals surface area (Å²) in [6, 6.07) is 8.02. The van der Waals surface area contributed by atoms with Gasteiger partial charge in [-0.2, -0.15) is 0 Å². The molecule has 1 aliphatic carbocycles. The van der Waals surface area contributed by atoms with Crippen molar-refractivity contribution in [3.8, 4) is 0 Å². The molecule has 0 saturated carbocycles. The molecule has 3 rings (SSSR count). The number of allylic oxidation sites excluding steroid dienone is 1. The van der Waals surface area contributed by atoms with Gasteiger partial charge >= 0.3 is 5.97 Å². The smallest absolute Gasteiger partial charge is 0.306 e. The maximum Gasteiger partial charge on any atom is 0.306 e. The van der Waals surface area contributed by atoms with Crippen molar-refractivity contribution in [3.63, 3.8) is 0 Å². The van der Waals surface area contributed by atoms with Gasteiger partial charge in [0, 0.05) is 13.0 Å². The first-order chi connectivity index (χ1) is 13.6. The number of carbonyl (C=O) groups excluding carboxylic acids is 2. The summed E-state index contributed by atoms with van der Waals surface area (Å²) in [7, 11) is 0.